The minimum atomic E-state index is 0.0740. The molecule has 0 heterocycles. The maximum atomic E-state index is 10.2. The monoisotopic (exact) mass is 129 g/mol. The van der Waals surface area contributed by atoms with Gasteiger partial charge in [-0.05, 0) is 19.4 Å². The highest BCUT2D eigenvalue weighted by Gasteiger charge is 1.99. The predicted molar refractivity (Wildman–Crippen MR) is 38.4 cm³/mol. The summed E-state index contributed by atoms with van der Waals surface area (Å²) >= 11 is 0. The first-order valence-electron chi connectivity index (χ1n) is 3.53. The number of hydrogen-bond acceptors (Lipinski definition) is 2. The maximum Gasteiger partial charge on any atom is 0.136 e. The van der Waals surface area contributed by atoms with Crippen LogP contribution in [0.2, 0.25) is 0 Å². The third-order valence-electron chi connectivity index (χ3n) is 1.26. The molecule has 0 saturated heterocycles. The molecule has 0 aromatic heterocycles. The Hall–Kier alpha value is -0.370. The van der Waals surface area contributed by atoms with Crippen LogP contribution in [-0.4, -0.2) is 18.9 Å². The molecule has 0 aliphatic rings. The van der Waals surface area contributed by atoms with Crippen molar-refractivity contribution in [1.82, 2.24) is 5.32 Å². The number of aldehydes is 1. The van der Waals surface area contributed by atoms with E-state index in [9.17, 15) is 4.79 Å². The van der Waals surface area contributed by atoms with Gasteiger partial charge < -0.3 is 10.1 Å². The van der Waals surface area contributed by atoms with Crippen LogP contribution >= 0.6 is 0 Å². The molecular weight excluding hydrogens is 114 g/mol. The Labute approximate surface area is 56.6 Å². The van der Waals surface area contributed by atoms with Gasteiger partial charge in [0.25, 0.3) is 0 Å². The lowest BCUT2D eigenvalue weighted by Gasteiger charge is -2.07. The summed E-state index contributed by atoms with van der Waals surface area (Å²) in [7, 11) is 0. The molecule has 0 amide bonds. The lowest BCUT2D eigenvalue weighted by molar-refractivity contribution is -0.109. The van der Waals surface area contributed by atoms with E-state index in [2.05, 4.69) is 12.2 Å². The Morgan fingerprint density at radius 1 is 1.56 bits per heavy atom. The first-order chi connectivity index (χ1) is 4.35. The van der Waals surface area contributed by atoms with Gasteiger partial charge >= 0.3 is 0 Å². The maximum absolute atomic E-state index is 10.2. The SMILES string of the molecule is CCCNC(C=O)CC. The van der Waals surface area contributed by atoms with Crippen molar-refractivity contribution in [2.24, 2.45) is 0 Å². The molecule has 0 aromatic rings. The molecule has 1 atom stereocenters. The van der Waals surface area contributed by atoms with Crippen LogP contribution in [0.5, 0.6) is 0 Å². The summed E-state index contributed by atoms with van der Waals surface area (Å²) in [5, 5.41) is 3.10. The van der Waals surface area contributed by atoms with Gasteiger partial charge in [-0.3, -0.25) is 0 Å². The fraction of sp³-hybridized carbons (Fsp3) is 0.857. The zero-order chi connectivity index (χ0) is 7.11. The minimum Gasteiger partial charge on any atom is -0.308 e. The Morgan fingerprint density at radius 3 is 2.56 bits per heavy atom. The van der Waals surface area contributed by atoms with E-state index in [0.29, 0.717) is 0 Å². The van der Waals surface area contributed by atoms with E-state index >= 15 is 0 Å². The highest BCUT2D eigenvalue weighted by atomic mass is 16.1. The molecule has 0 spiro atoms. The Morgan fingerprint density at radius 2 is 2.22 bits per heavy atom. The lowest BCUT2D eigenvalue weighted by Crippen LogP contribution is -2.30. The van der Waals surface area contributed by atoms with Crippen LogP contribution < -0.4 is 5.32 Å². The van der Waals surface area contributed by atoms with Crippen molar-refractivity contribution in [1.29, 1.82) is 0 Å². The van der Waals surface area contributed by atoms with Crippen LogP contribution in [-0.2, 0) is 4.79 Å². The lowest BCUT2D eigenvalue weighted by atomic mass is 10.2. The number of rotatable bonds is 5. The largest absolute Gasteiger partial charge is 0.308 e. The molecule has 0 radical (unpaired) electrons. The summed E-state index contributed by atoms with van der Waals surface area (Å²) in [5.41, 5.74) is 0. The first-order valence-corrected chi connectivity index (χ1v) is 3.53. The third-order valence-corrected chi connectivity index (χ3v) is 1.26. The molecule has 1 unspecified atom stereocenters. The van der Waals surface area contributed by atoms with E-state index in [0.717, 1.165) is 25.7 Å². The normalized spacial score (nSPS) is 13.1. The van der Waals surface area contributed by atoms with E-state index in [1.54, 1.807) is 0 Å². The summed E-state index contributed by atoms with van der Waals surface area (Å²) < 4.78 is 0. The van der Waals surface area contributed by atoms with Gasteiger partial charge in [-0.1, -0.05) is 13.8 Å². The van der Waals surface area contributed by atoms with E-state index in [-0.39, 0.29) is 6.04 Å². The van der Waals surface area contributed by atoms with Gasteiger partial charge in [0.05, 0.1) is 6.04 Å². The van der Waals surface area contributed by atoms with Crippen LogP contribution in [0.4, 0.5) is 0 Å². The van der Waals surface area contributed by atoms with Crippen LogP contribution in [0.25, 0.3) is 0 Å². The van der Waals surface area contributed by atoms with Gasteiger partial charge in [-0.15, -0.1) is 0 Å². The van der Waals surface area contributed by atoms with Gasteiger partial charge in [-0.2, -0.15) is 0 Å². The van der Waals surface area contributed by atoms with Crippen molar-refractivity contribution < 1.29 is 4.79 Å². The second-order valence-corrected chi connectivity index (χ2v) is 2.10. The van der Waals surface area contributed by atoms with Gasteiger partial charge in [-0.25, -0.2) is 0 Å². The first kappa shape index (κ1) is 8.63. The standard InChI is InChI=1S/C7H15NO/c1-3-5-8-7(4-2)6-9/h6-8H,3-5H2,1-2H3. The molecule has 9 heavy (non-hydrogen) atoms. The van der Waals surface area contributed by atoms with Crippen LogP contribution in [0.15, 0.2) is 0 Å². The molecule has 0 saturated carbocycles. The summed E-state index contributed by atoms with van der Waals surface area (Å²) in [4.78, 5) is 10.2. The highest BCUT2D eigenvalue weighted by Crippen LogP contribution is 1.84. The summed E-state index contributed by atoms with van der Waals surface area (Å²) in [6.45, 7) is 5.03. The zero-order valence-corrected chi connectivity index (χ0v) is 6.18. The Kier molecular flexibility index (Phi) is 5.52. The summed E-state index contributed by atoms with van der Waals surface area (Å²) in [6.07, 6.45) is 2.95. The number of nitrogens with one attached hydrogen (secondary N) is 1. The molecule has 54 valence electrons. The molecule has 0 aliphatic carbocycles. The molecular formula is C7H15NO. The van der Waals surface area contributed by atoms with E-state index in [1.807, 2.05) is 6.92 Å². The zero-order valence-electron chi connectivity index (χ0n) is 6.18. The molecule has 1 N–H and O–H groups in total. The fourth-order valence-electron chi connectivity index (χ4n) is 0.618. The van der Waals surface area contributed by atoms with Crippen LogP contribution in [0, 0.1) is 0 Å². The molecule has 0 bridgehead atoms. The average molecular weight is 129 g/mol. The minimum absolute atomic E-state index is 0.0740. The third kappa shape index (κ3) is 4.15. The predicted octanol–water partition coefficient (Wildman–Crippen LogP) is 0.964. The van der Waals surface area contributed by atoms with Gasteiger partial charge in [0.1, 0.15) is 6.29 Å². The van der Waals surface area contributed by atoms with E-state index in [4.69, 9.17) is 0 Å². The fourth-order valence-corrected chi connectivity index (χ4v) is 0.618. The Balaban J connectivity index is 3.20. The van der Waals surface area contributed by atoms with Crippen molar-refractivity contribution >= 4 is 6.29 Å². The Bertz CT molecular complexity index is 73.3. The summed E-state index contributed by atoms with van der Waals surface area (Å²) in [6, 6.07) is 0.0740. The highest BCUT2D eigenvalue weighted by molar-refractivity contribution is 5.57. The van der Waals surface area contributed by atoms with Gasteiger partial charge in [0.2, 0.25) is 0 Å². The molecule has 0 aliphatic heterocycles. The van der Waals surface area contributed by atoms with Crippen LogP contribution in [0.1, 0.15) is 26.7 Å². The molecule has 0 rings (SSSR count). The van der Waals surface area contributed by atoms with Crippen molar-refractivity contribution in [3.05, 3.63) is 0 Å². The summed E-state index contributed by atoms with van der Waals surface area (Å²) in [5.74, 6) is 0. The number of hydrogen-bond donors (Lipinski definition) is 1. The van der Waals surface area contributed by atoms with E-state index < -0.39 is 0 Å². The van der Waals surface area contributed by atoms with Crippen molar-refractivity contribution in [3.63, 3.8) is 0 Å². The second kappa shape index (κ2) is 5.76. The number of carbonyl (C=O) groups excluding carboxylic acids is 1. The molecule has 0 aromatic carbocycles. The van der Waals surface area contributed by atoms with Crippen molar-refractivity contribution in [2.75, 3.05) is 6.54 Å². The number of carbonyl (C=O) groups is 1. The topological polar surface area (TPSA) is 29.1 Å². The average Bonchev–Trinajstić information content (AvgIpc) is 1.91. The van der Waals surface area contributed by atoms with Crippen molar-refractivity contribution in [3.8, 4) is 0 Å². The van der Waals surface area contributed by atoms with Gasteiger partial charge in [0, 0.05) is 0 Å². The quantitative estimate of drug-likeness (QED) is 0.560. The van der Waals surface area contributed by atoms with Gasteiger partial charge in [0.15, 0.2) is 0 Å². The molecule has 2 nitrogen and oxygen atoms in total. The second-order valence-electron chi connectivity index (χ2n) is 2.10. The molecule has 2 heteroatoms. The van der Waals surface area contributed by atoms with E-state index in [1.165, 1.54) is 0 Å². The smallest absolute Gasteiger partial charge is 0.136 e. The molecule has 0 fully saturated rings. The van der Waals surface area contributed by atoms with Crippen molar-refractivity contribution in [2.45, 2.75) is 32.7 Å². The van der Waals surface area contributed by atoms with Crippen LogP contribution in [0.3, 0.4) is 0 Å².